The van der Waals surface area contributed by atoms with E-state index in [1.54, 1.807) is 7.11 Å². The number of nitrogens with two attached hydrogens (primary N) is 1. The molecule has 21 heavy (non-hydrogen) atoms. The molecule has 2 rings (SSSR count). The average molecular weight is 286 g/mol. The molecule has 0 saturated heterocycles. The van der Waals surface area contributed by atoms with Gasteiger partial charge < -0.3 is 10.5 Å². The zero-order valence-electron chi connectivity index (χ0n) is 13.1. The summed E-state index contributed by atoms with van der Waals surface area (Å²) in [6.07, 6.45) is 2.75. The highest BCUT2D eigenvalue weighted by Gasteiger charge is 2.31. The van der Waals surface area contributed by atoms with Crippen LogP contribution in [0, 0.1) is 17.8 Å². The second-order valence-corrected chi connectivity index (χ2v) is 5.74. The maximum Gasteiger partial charge on any atom is 0.0589 e. The Morgan fingerprint density at radius 2 is 2.05 bits per heavy atom. The molecule has 0 bridgehead atoms. The Balaban J connectivity index is 1.97. The van der Waals surface area contributed by atoms with E-state index in [9.17, 15) is 0 Å². The SMILES string of the molecule is COCCN(Cc1ccc(C#CCN)cc1)C(C)C1CC1. The molecule has 0 spiro atoms. The molecule has 0 heterocycles. The average Bonchev–Trinajstić information content (AvgIpc) is 3.34. The summed E-state index contributed by atoms with van der Waals surface area (Å²) in [5.74, 6) is 6.82. The van der Waals surface area contributed by atoms with Gasteiger partial charge in [0.05, 0.1) is 13.2 Å². The van der Waals surface area contributed by atoms with Crippen LogP contribution >= 0.6 is 0 Å². The number of hydrogen-bond donors (Lipinski definition) is 1. The summed E-state index contributed by atoms with van der Waals surface area (Å²) in [4.78, 5) is 2.53. The van der Waals surface area contributed by atoms with E-state index in [1.807, 2.05) is 0 Å². The number of rotatable bonds is 7. The highest BCUT2D eigenvalue weighted by molar-refractivity contribution is 5.36. The van der Waals surface area contributed by atoms with Crippen LogP contribution < -0.4 is 5.73 Å². The molecular weight excluding hydrogens is 260 g/mol. The number of nitrogens with zero attached hydrogens (tertiary/aromatic N) is 1. The van der Waals surface area contributed by atoms with Gasteiger partial charge in [-0.3, -0.25) is 4.90 Å². The zero-order valence-corrected chi connectivity index (χ0v) is 13.1. The van der Waals surface area contributed by atoms with Crippen LogP contribution in [0.25, 0.3) is 0 Å². The van der Waals surface area contributed by atoms with Crippen molar-refractivity contribution >= 4 is 0 Å². The van der Waals surface area contributed by atoms with Crippen LogP contribution in [0.2, 0.25) is 0 Å². The third-order valence-electron chi connectivity index (χ3n) is 4.14. The zero-order chi connectivity index (χ0) is 15.1. The highest BCUT2D eigenvalue weighted by Crippen LogP contribution is 2.35. The van der Waals surface area contributed by atoms with Gasteiger partial charge >= 0.3 is 0 Å². The van der Waals surface area contributed by atoms with Crippen molar-refractivity contribution in [1.29, 1.82) is 0 Å². The van der Waals surface area contributed by atoms with Gasteiger partial charge in [-0.05, 0) is 43.4 Å². The molecule has 3 heteroatoms. The third-order valence-corrected chi connectivity index (χ3v) is 4.14. The lowest BCUT2D eigenvalue weighted by molar-refractivity contribution is 0.111. The molecule has 2 N–H and O–H groups in total. The van der Waals surface area contributed by atoms with E-state index in [4.69, 9.17) is 10.5 Å². The molecule has 1 saturated carbocycles. The van der Waals surface area contributed by atoms with Gasteiger partial charge in [0.1, 0.15) is 0 Å². The second-order valence-electron chi connectivity index (χ2n) is 5.74. The van der Waals surface area contributed by atoms with Crippen molar-refractivity contribution in [3.05, 3.63) is 35.4 Å². The highest BCUT2D eigenvalue weighted by atomic mass is 16.5. The smallest absolute Gasteiger partial charge is 0.0589 e. The monoisotopic (exact) mass is 286 g/mol. The van der Waals surface area contributed by atoms with Crippen LogP contribution in [0.4, 0.5) is 0 Å². The standard InChI is InChI=1S/C18H26N2O/c1-15(18-9-10-18)20(12-13-21-2)14-17-7-5-16(6-8-17)4-3-11-19/h5-8,15,18H,9-14,19H2,1-2H3. The predicted molar refractivity (Wildman–Crippen MR) is 86.8 cm³/mol. The maximum atomic E-state index is 5.39. The molecule has 1 aliphatic rings. The fraction of sp³-hybridized carbons (Fsp3) is 0.556. The Labute approximate surface area is 128 Å². The first-order valence-corrected chi connectivity index (χ1v) is 7.75. The molecule has 0 aromatic heterocycles. The Bertz CT molecular complexity index is 482. The molecule has 0 radical (unpaired) electrons. The molecule has 1 aliphatic carbocycles. The van der Waals surface area contributed by atoms with Crippen molar-refractivity contribution in [1.82, 2.24) is 4.90 Å². The Morgan fingerprint density at radius 3 is 2.62 bits per heavy atom. The molecule has 3 nitrogen and oxygen atoms in total. The van der Waals surface area contributed by atoms with Crippen LogP contribution in [0.1, 0.15) is 30.9 Å². The number of methoxy groups -OCH3 is 1. The first-order valence-electron chi connectivity index (χ1n) is 7.75. The fourth-order valence-corrected chi connectivity index (χ4v) is 2.59. The Kier molecular flexibility index (Phi) is 6.25. The summed E-state index contributed by atoms with van der Waals surface area (Å²) in [6.45, 7) is 5.51. The minimum atomic E-state index is 0.408. The van der Waals surface area contributed by atoms with Gasteiger partial charge in [-0.1, -0.05) is 24.0 Å². The van der Waals surface area contributed by atoms with Gasteiger partial charge in [-0.25, -0.2) is 0 Å². The largest absolute Gasteiger partial charge is 0.383 e. The van der Waals surface area contributed by atoms with Crippen molar-refractivity contribution in [3.8, 4) is 11.8 Å². The predicted octanol–water partition coefficient (Wildman–Crippen LogP) is 2.24. The second kappa shape index (κ2) is 8.19. The summed E-state index contributed by atoms with van der Waals surface area (Å²) in [6, 6.07) is 9.12. The van der Waals surface area contributed by atoms with Crippen molar-refractivity contribution < 1.29 is 4.74 Å². The van der Waals surface area contributed by atoms with Crippen molar-refractivity contribution in [2.45, 2.75) is 32.4 Å². The minimum Gasteiger partial charge on any atom is -0.383 e. The van der Waals surface area contributed by atoms with E-state index in [0.29, 0.717) is 12.6 Å². The summed E-state index contributed by atoms with van der Waals surface area (Å²) < 4.78 is 5.25. The van der Waals surface area contributed by atoms with Gasteiger partial charge in [0, 0.05) is 31.8 Å². The number of benzene rings is 1. The first kappa shape index (κ1) is 16.0. The lowest BCUT2D eigenvalue weighted by atomic mass is 10.1. The molecule has 0 amide bonds. The lowest BCUT2D eigenvalue weighted by Gasteiger charge is -2.29. The van der Waals surface area contributed by atoms with E-state index in [-0.39, 0.29) is 0 Å². The summed E-state index contributed by atoms with van der Waals surface area (Å²) in [7, 11) is 1.77. The molecule has 1 aromatic rings. The first-order chi connectivity index (χ1) is 10.2. The van der Waals surface area contributed by atoms with Gasteiger partial charge in [0.2, 0.25) is 0 Å². The molecule has 114 valence electrons. The van der Waals surface area contributed by atoms with E-state index in [1.165, 1.54) is 18.4 Å². The minimum absolute atomic E-state index is 0.408. The maximum absolute atomic E-state index is 5.39. The van der Waals surface area contributed by atoms with Crippen LogP contribution in [0.3, 0.4) is 0 Å². The van der Waals surface area contributed by atoms with Gasteiger partial charge in [0.15, 0.2) is 0 Å². The van der Waals surface area contributed by atoms with Crippen LogP contribution in [0.5, 0.6) is 0 Å². The van der Waals surface area contributed by atoms with E-state index >= 15 is 0 Å². The lowest BCUT2D eigenvalue weighted by Crippen LogP contribution is -2.36. The molecular formula is C18H26N2O. The Morgan fingerprint density at radius 1 is 1.33 bits per heavy atom. The van der Waals surface area contributed by atoms with Crippen LogP contribution in [-0.4, -0.2) is 37.7 Å². The van der Waals surface area contributed by atoms with Crippen molar-refractivity contribution in [3.63, 3.8) is 0 Å². The van der Waals surface area contributed by atoms with Gasteiger partial charge in [-0.2, -0.15) is 0 Å². The third kappa shape index (κ3) is 5.17. The number of ether oxygens (including phenoxy) is 1. The normalized spacial score (nSPS) is 15.6. The van der Waals surface area contributed by atoms with E-state index in [0.717, 1.165) is 31.2 Å². The summed E-state index contributed by atoms with van der Waals surface area (Å²) in [5.41, 5.74) is 7.75. The summed E-state index contributed by atoms with van der Waals surface area (Å²) in [5, 5.41) is 0. The van der Waals surface area contributed by atoms with E-state index < -0.39 is 0 Å². The van der Waals surface area contributed by atoms with Crippen LogP contribution in [0.15, 0.2) is 24.3 Å². The molecule has 1 aromatic carbocycles. The van der Waals surface area contributed by atoms with Crippen molar-refractivity contribution in [2.24, 2.45) is 11.7 Å². The fourth-order valence-electron chi connectivity index (χ4n) is 2.59. The summed E-state index contributed by atoms with van der Waals surface area (Å²) >= 11 is 0. The van der Waals surface area contributed by atoms with Gasteiger partial charge in [-0.15, -0.1) is 0 Å². The molecule has 1 unspecified atom stereocenters. The molecule has 1 atom stereocenters. The molecule has 0 aliphatic heterocycles. The quantitative estimate of drug-likeness (QED) is 0.781. The van der Waals surface area contributed by atoms with Crippen LogP contribution in [-0.2, 0) is 11.3 Å². The number of hydrogen-bond acceptors (Lipinski definition) is 3. The molecule has 1 fully saturated rings. The van der Waals surface area contributed by atoms with E-state index in [2.05, 4.69) is 47.9 Å². The Hall–Kier alpha value is -1.34. The van der Waals surface area contributed by atoms with Gasteiger partial charge in [0.25, 0.3) is 0 Å². The van der Waals surface area contributed by atoms with Crippen molar-refractivity contribution in [2.75, 3.05) is 26.8 Å². The topological polar surface area (TPSA) is 38.5 Å².